The lowest BCUT2D eigenvalue weighted by Crippen LogP contribution is -2.41. The SMILES string of the molecule is O=C1SCCN(c2ccccc2)C1=O. The van der Waals surface area contributed by atoms with Crippen molar-refractivity contribution in [2.45, 2.75) is 0 Å². The molecule has 0 spiro atoms. The molecule has 1 aliphatic rings. The summed E-state index contributed by atoms with van der Waals surface area (Å²) in [6.45, 7) is 0.610. The average molecular weight is 207 g/mol. The Hall–Kier alpha value is -1.29. The van der Waals surface area contributed by atoms with Gasteiger partial charge in [0.15, 0.2) is 0 Å². The molecule has 0 bridgehead atoms. The van der Waals surface area contributed by atoms with Crippen LogP contribution in [0.5, 0.6) is 0 Å². The molecule has 4 heteroatoms. The maximum absolute atomic E-state index is 11.5. The summed E-state index contributed by atoms with van der Waals surface area (Å²) in [5.41, 5.74) is 0.797. The number of benzene rings is 1. The molecule has 14 heavy (non-hydrogen) atoms. The molecule has 1 aromatic carbocycles. The van der Waals surface area contributed by atoms with E-state index in [1.54, 1.807) is 0 Å². The Morgan fingerprint density at radius 3 is 2.57 bits per heavy atom. The van der Waals surface area contributed by atoms with Crippen LogP contribution in [0.15, 0.2) is 30.3 Å². The number of thioether (sulfide) groups is 1. The van der Waals surface area contributed by atoms with Crippen LogP contribution in [-0.2, 0) is 9.59 Å². The van der Waals surface area contributed by atoms with Gasteiger partial charge in [0.25, 0.3) is 5.12 Å². The molecule has 1 aromatic rings. The van der Waals surface area contributed by atoms with Crippen LogP contribution < -0.4 is 4.90 Å². The Bertz CT molecular complexity index is 364. The largest absolute Gasteiger partial charge is 0.305 e. The van der Waals surface area contributed by atoms with Crippen molar-refractivity contribution in [1.82, 2.24) is 0 Å². The van der Waals surface area contributed by atoms with Crippen LogP contribution in [0.1, 0.15) is 0 Å². The topological polar surface area (TPSA) is 37.4 Å². The second kappa shape index (κ2) is 3.84. The minimum Gasteiger partial charge on any atom is -0.304 e. The molecule has 0 radical (unpaired) electrons. The predicted octanol–water partition coefficient (Wildman–Crippen LogP) is 1.29. The Kier molecular flexibility index (Phi) is 2.54. The lowest BCUT2D eigenvalue weighted by atomic mass is 10.3. The van der Waals surface area contributed by atoms with Crippen LogP contribution in [0.3, 0.4) is 0 Å². The number of nitrogens with zero attached hydrogens (tertiary/aromatic N) is 1. The number of carbonyl (C=O) groups is 2. The maximum Gasteiger partial charge on any atom is 0.305 e. The molecule has 72 valence electrons. The summed E-state index contributed by atoms with van der Waals surface area (Å²) in [5, 5.41) is -0.361. The van der Waals surface area contributed by atoms with Crippen molar-refractivity contribution in [3.63, 3.8) is 0 Å². The van der Waals surface area contributed by atoms with E-state index in [1.165, 1.54) is 4.90 Å². The van der Waals surface area contributed by atoms with Gasteiger partial charge in [-0.3, -0.25) is 9.59 Å². The van der Waals surface area contributed by atoms with Crippen LogP contribution >= 0.6 is 11.8 Å². The molecule has 1 aliphatic heterocycles. The molecule has 0 aromatic heterocycles. The smallest absolute Gasteiger partial charge is 0.304 e. The number of carbonyl (C=O) groups excluding carboxylic acids is 2. The van der Waals surface area contributed by atoms with E-state index in [9.17, 15) is 9.59 Å². The molecular weight excluding hydrogens is 198 g/mol. The van der Waals surface area contributed by atoms with Gasteiger partial charge in [-0.15, -0.1) is 0 Å². The number of para-hydroxylation sites is 1. The zero-order chi connectivity index (χ0) is 9.97. The van der Waals surface area contributed by atoms with E-state index in [2.05, 4.69) is 0 Å². The fourth-order valence-electron chi connectivity index (χ4n) is 1.36. The predicted molar refractivity (Wildman–Crippen MR) is 56.3 cm³/mol. The summed E-state index contributed by atoms with van der Waals surface area (Å²) < 4.78 is 0. The number of amides is 1. The van der Waals surface area contributed by atoms with Crippen molar-refractivity contribution in [3.8, 4) is 0 Å². The summed E-state index contributed by atoms with van der Waals surface area (Å²) >= 11 is 1.09. The lowest BCUT2D eigenvalue weighted by molar-refractivity contribution is -0.131. The van der Waals surface area contributed by atoms with Crippen LogP contribution in [-0.4, -0.2) is 23.3 Å². The van der Waals surface area contributed by atoms with Crippen LogP contribution in [0.4, 0.5) is 5.69 Å². The number of anilines is 1. The Morgan fingerprint density at radius 2 is 1.86 bits per heavy atom. The Labute approximate surface area is 86.1 Å². The molecule has 0 atom stereocenters. The van der Waals surface area contributed by atoms with Gasteiger partial charge in [0.05, 0.1) is 0 Å². The van der Waals surface area contributed by atoms with Gasteiger partial charge in [-0.1, -0.05) is 30.0 Å². The second-order valence-corrected chi connectivity index (χ2v) is 4.00. The highest BCUT2D eigenvalue weighted by Gasteiger charge is 2.27. The van der Waals surface area contributed by atoms with Gasteiger partial charge in [0, 0.05) is 18.0 Å². The van der Waals surface area contributed by atoms with E-state index in [0.29, 0.717) is 12.3 Å². The van der Waals surface area contributed by atoms with Crippen molar-refractivity contribution in [3.05, 3.63) is 30.3 Å². The minimum atomic E-state index is -0.410. The third-order valence-electron chi connectivity index (χ3n) is 2.04. The summed E-state index contributed by atoms with van der Waals surface area (Å²) in [4.78, 5) is 24.2. The molecular formula is C10H9NO2S. The van der Waals surface area contributed by atoms with Gasteiger partial charge in [-0.25, -0.2) is 0 Å². The second-order valence-electron chi connectivity index (χ2n) is 2.93. The molecule has 1 heterocycles. The third-order valence-corrected chi connectivity index (χ3v) is 2.86. The van der Waals surface area contributed by atoms with Gasteiger partial charge in [0.2, 0.25) is 0 Å². The highest BCUT2D eigenvalue weighted by Crippen LogP contribution is 2.20. The zero-order valence-electron chi connectivity index (χ0n) is 7.47. The molecule has 2 rings (SSSR count). The van der Waals surface area contributed by atoms with E-state index in [0.717, 1.165) is 17.4 Å². The fraction of sp³-hybridized carbons (Fsp3) is 0.200. The first-order chi connectivity index (χ1) is 6.79. The molecule has 3 nitrogen and oxygen atoms in total. The van der Waals surface area contributed by atoms with Crippen LogP contribution in [0.25, 0.3) is 0 Å². The summed E-state index contributed by atoms with van der Waals surface area (Å²) in [6, 6.07) is 9.26. The van der Waals surface area contributed by atoms with Gasteiger partial charge >= 0.3 is 5.91 Å². The van der Waals surface area contributed by atoms with E-state index in [-0.39, 0.29) is 5.12 Å². The average Bonchev–Trinajstić information content (AvgIpc) is 2.23. The number of hydrogen-bond acceptors (Lipinski definition) is 3. The molecule has 0 N–H and O–H groups in total. The van der Waals surface area contributed by atoms with Crippen LogP contribution in [0.2, 0.25) is 0 Å². The minimum absolute atomic E-state index is 0.361. The molecule has 0 unspecified atom stereocenters. The Morgan fingerprint density at radius 1 is 1.14 bits per heavy atom. The molecule has 1 fully saturated rings. The molecule has 0 saturated carbocycles. The van der Waals surface area contributed by atoms with E-state index >= 15 is 0 Å². The first-order valence-corrected chi connectivity index (χ1v) is 5.31. The van der Waals surface area contributed by atoms with Crippen molar-refractivity contribution in [2.24, 2.45) is 0 Å². The summed E-state index contributed by atoms with van der Waals surface area (Å²) in [5.74, 6) is 0.270. The summed E-state index contributed by atoms with van der Waals surface area (Å²) in [7, 11) is 0. The van der Waals surface area contributed by atoms with Crippen molar-refractivity contribution in [1.29, 1.82) is 0 Å². The van der Waals surface area contributed by atoms with Gasteiger partial charge in [-0.2, -0.15) is 0 Å². The monoisotopic (exact) mass is 207 g/mol. The van der Waals surface area contributed by atoms with E-state index in [1.807, 2.05) is 30.3 Å². The zero-order valence-corrected chi connectivity index (χ0v) is 8.29. The highest BCUT2D eigenvalue weighted by molar-refractivity contribution is 8.15. The molecule has 1 saturated heterocycles. The normalized spacial score (nSPS) is 17.3. The van der Waals surface area contributed by atoms with E-state index in [4.69, 9.17) is 0 Å². The fourth-order valence-corrected chi connectivity index (χ4v) is 2.05. The van der Waals surface area contributed by atoms with E-state index < -0.39 is 5.91 Å². The quantitative estimate of drug-likeness (QED) is 0.651. The first-order valence-electron chi connectivity index (χ1n) is 4.33. The summed E-state index contributed by atoms with van der Waals surface area (Å²) in [6.07, 6.45) is 0. The molecule has 1 amide bonds. The number of rotatable bonds is 1. The first kappa shape index (κ1) is 9.27. The van der Waals surface area contributed by atoms with Gasteiger partial charge in [0.1, 0.15) is 0 Å². The van der Waals surface area contributed by atoms with Crippen LogP contribution in [0, 0.1) is 0 Å². The van der Waals surface area contributed by atoms with Crippen molar-refractivity contribution in [2.75, 3.05) is 17.2 Å². The van der Waals surface area contributed by atoms with Gasteiger partial charge < -0.3 is 4.90 Å². The van der Waals surface area contributed by atoms with Gasteiger partial charge in [-0.05, 0) is 12.1 Å². The highest BCUT2D eigenvalue weighted by atomic mass is 32.2. The van der Waals surface area contributed by atoms with Crippen molar-refractivity contribution < 1.29 is 9.59 Å². The number of hydrogen-bond donors (Lipinski definition) is 0. The van der Waals surface area contributed by atoms with Crippen molar-refractivity contribution >= 4 is 28.5 Å². The Balaban J connectivity index is 2.26. The third kappa shape index (κ3) is 1.65. The lowest BCUT2D eigenvalue weighted by Gasteiger charge is -2.24. The standard InChI is InChI=1S/C10H9NO2S/c12-9-10(13)14-7-6-11(9)8-4-2-1-3-5-8/h1-5H,6-7H2. The maximum atomic E-state index is 11.5. The molecule has 0 aliphatic carbocycles.